The highest BCUT2D eigenvalue weighted by Crippen LogP contribution is 2.24. The summed E-state index contributed by atoms with van der Waals surface area (Å²) in [4.78, 5) is 26.7. The molecule has 0 aliphatic carbocycles. The molecule has 0 aliphatic heterocycles. The Bertz CT molecular complexity index is 616. The highest BCUT2D eigenvalue weighted by molar-refractivity contribution is 6.35. The van der Waals surface area contributed by atoms with Crippen LogP contribution < -0.4 is 11.4 Å². The summed E-state index contributed by atoms with van der Waals surface area (Å²) >= 11 is 5.89. The van der Waals surface area contributed by atoms with Crippen molar-refractivity contribution in [1.82, 2.24) is 9.97 Å². The number of carboxylic acid groups (broad SMARTS) is 1. The monoisotopic (exact) mass is 241 g/mol. The van der Waals surface area contributed by atoms with E-state index in [0.717, 1.165) is 0 Å². The number of aliphatic carboxylic acids is 1. The number of H-pyrrole nitrogens is 2. The van der Waals surface area contributed by atoms with E-state index in [2.05, 4.69) is 9.97 Å². The second-order valence-electron chi connectivity index (χ2n) is 3.32. The Morgan fingerprint density at radius 3 is 2.75 bits per heavy atom. The number of halogens is 1. The van der Waals surface area contributed by atoms with E-state index in [9.17, 15) is 9.59 Å². The average Bonchev–Trinajstić information content (AvgIpc) is 2.57. The lowest BCUT2D eigenvalue weighted by atomic mass is 10.1. The maximum atomic E-state index is 11.0. The minimum Gasteiger partial charge on any atom is -0.480 e. The molecule has 0 fully saturated rings. The summed E-state index contributed by atoms with van der Waals surface area (Å²) in [5.41, 5.74) is 6.25. The van der Waals surface area contributed by atoms with Crippen LogP contribution in [0.3, 0.4) is 0 Å². The van der Waals surface area contributed by atoms with Crippen molar-refractivity contribution in [2.75, 3.05) is 0 Å². The van der Waals surface area contributed by atoms with Gasteiger partial charge in [0, 0.05) is 0 Å². The van der Waals surface area contributed by atoms with Gasteiger partial charge in [-0.25, -0.2) is 4.79 Å². The molecule has 2 rings (SSSR count). The number of hydrogen-bond donors (Lipinski definition) is 4. The maximum absolute atomic E-state index is 11.0. The Morgan fingerprint density at radius 2 is 2.12 bits per heavy atom. The van der Waals surface area contributed by atoms with Crippen molar-refractivity contribution in [2.24, 2.45) is 5.73 Å². The number of rotatable bonds is 2. The van der Waals surface area contributed by atoms with Gasteiger partial charge in [0.15, 0.2) is 0 Å². The van der Waals surface area contributed by atoms with E-state index in [0.29, 0.717) is 16.6 Å². The number of nitrogens with two attached hydrogens (primary N) is 1. The number of aromatic nitrogens is 2. The summed E-state index contributed by atoms with van der Waals surface area (Å²) in [6.07, 6.45) is 0. The fourth-order valence-electron chi connectivity index (χ4n) is 1.44. The first-order chi connectivity index (χ1) is 7.49. The average molecular weight is 242 g/mol. The number of benzene rings is 1. The molecule has 7 heteroatoms. The van der Waals surface area contributed by atoms with Crippen molar-refractivity contribution < 1.29 is 9.90 Å². The van der Waals surface area contributed by atoms with Crippen molar-refractivity contribution in [1.29, 1.82) is 0 Å². The van der Waals surface area contributed by atoms with Crippen LogP contribution in [-0.2, 0) is 4.79 Å². The van der Waals surface area contributed by atoms with Gasteiger partial charge in [0.1, 0.15) is 6.04 Å². The summed E-state index contributed by atoms with van der Waals surface area (Å²) in [6.45, 7) is 0. The van der Waals surface area contributed by atoms with Gasteiger partial charge in [0.25, 0.3) is 0 Å². The molecule has 0 aliphatic rings. The summed E-state index contributed by atoms with van der Waals surface area (Å²) in [5, 5.41) is 9.01. The van der Waals surface area contributed by atoms with Gasteiger partial charge in [-0.05, 0) is 17.7 Å². The van der Waals surface area contributed by atoms with Gasteiger partial charge in [-0.15, -0.1) is 0 Å². The zero-order chi connectivity index (χ0) is 11.9. The highest BCUT2D eigenvalue weighted by Gasteiger charge is 2.16. The Hall–Kier alpha value is -1.79. The fourth-order valence-corrected chi connectivity index (χ4v) is 1.72. The van der Waals surface area contributed by atoms with Crippen molar-refractivity contribution in [3.8, 4) is 0 Å². The summed E-state index contributed by atoms with van der Waals surface area (Å²) in [5.74, 6) is -1.16. The highest BCUT2D eigenvalue weighted by atomic mass is 35.5. The first kappa shape index (κ1) is 10.7. The van der Waals surface area contributed by atoms with Crippen LogP contribution in [0.25, 0.3) is 11.0 Å². The van der Waals surface area contributed by atoms with E-state index in [-0.39, 0.29) is 5.02 Å². The van der Waals surface area contributed by atoms with E-state index in [1.54, 1.807) is 0 Å². The van der Waals surface area contributed by atoms with E-state index >= 15 is 0 Å². The number of fused-ring (bicyclic) bond motifs is 1. The predicted molar refractivity (Wildman–Crippen MR) is 58.5 cm³/mol. The molecule has 0 amide bonds. The Labute approximate surface area is 94.0 Å². The van der Waals surface area contributed by atoms with E-state index in [1.165, 1.54) is 12.1 Å². The van der Waals surface area contributed by atoms with Crippen molar-refractivity contribution in [3.05, 3.63) is 33.2 Å². The van der Waals surface area contributed by atoms with Crippen LogP contribution in [0, 0.1) is 0 Å². The molecule has 0 bridgehead atoms. The largest absolute Gasteiger partial charge is 0.480 e. The van der Waals surface area contributed by atoms with Crippen LogP contribution in [0.4, 0.5) is 0 Å². The Morgan fingerprint density at radius 1 is 1.44 bits per heavy atom. The van der Waals surface area contributed by atoms with Crippen LogP contribution in [0.1, 0.15) is 11.6 Å². The number of carboxylic acids is 1. The molecule has 6 nitrogen and oxygen atoms in total. The molecule has 1 aromatic carbocycles. The number of aromatic amines is 2. The fraction of sp³-hybridized carbons (Fsp3) is 0.111. The van der Waals surface area contributed by atoms with Crippen molar-refractivity contribution in [2.45, 2.75) is 6.04 Å². The number of nitrogens with one attached hydrogen (secondary N) is 2. The van der Waals surface area contributed by atoms with E-state index < -0.39 is 17.7 Å². The first-order valence-electron chi connectivity index (χ1n) is 4.39. The van der Waals surface area contributed by atoms with Gasteiger partial charge in [0.05, 0.1) is 16.1 Å². The first-order valence-corrected chi connectivity index (χ1v) is 4.76. The molecule has 0 radical (unpaired) electrons. The molecule has 5 N–H and O–H groups in total. The van der Waals surface area contributed by atoms with E-state index in [4.69, 9.17) is 22.4 Å². The molecular formula is C9H8ClN3O3. The van der Waals surface area contributed by atoms with Crippen molar-refractivity contribution >= 4 is 28.6 Å². The summed E-state index contributed by atoms with van der Waals surface area (Å²) in [6, 6.07) is 1.74. The topological polar surface area (TPSA) is 112 Å². The smallest absolute Gasteiger partial charge is 0.325 e. The zero-order valence-corrected chi connectivity index (χ0v) is 8.71. The van der Waals surface area contributed by atoms with Crippen LogP contribution in [0.15, 0.2) is 16.9 Å². The second-order valence-corrected chi connectivity index (χ2v) is 3.73. The molecule has 1 heterocycles. The third kappa shape index (κ3) is 1.68. The lowest BCUT2D eigenvalue weighted by Gasteiger charge is -2.07. The lowest BCUT2D eigenvalue weighted by molar-refractivity contribution is -0.138. The van der Waals surface area contributed by atoms with Gasteiger partial charge >= 0.3 is 11.7 Å². The van der Waals surface area contributed by atoms with Gasteiger partial charge in [-0.2, -0.15) is 0 Å². The third-order valence-corrected chi connectivity index (χ3v) is 2.52. The third-order valence-electron chi connectivity index (χ3n) is 2.22. The quantitative estimate of drug-likeness (QED) is 0.616. The molecule has 1 aromatic heterocycles. The van der Waals surface area contributed by atoms with Crippen LogP contribution in [-0.4, -0.2) is 21.0 Å². The summed E-state index contributed by atoms with van der Waals surface area (Å²) in [7, 11) is 0. The normalized spacial score (nSPS) is 12.9. The van der Waals surface area contributed by atoms with Crippen LogP contribution in [0.5, 0.6) is 0 Å². The molecule has 1 atom stereocenters. The van der Waals surface area contributed by atoms with Crippen LogP contribution >= 0.6 is 11.6 Å². The standard InChI is InChI=1S/C9H8ClN3O3/c10-4-1-3(6(11)8(14)15)2-5-7(4)13-9(16)12-5/h1-2,6H,11H2,(H,14,15)(H2,12,13,16). The summed E-state index contributed by atoms with van der Waals surface area (Å²) < 4.78 is 0. The number of imidazole rings is 1. The second kappa shape index (κ2) is 3.66. The minimum atomic E-state index is -1.17. The number of hydrogen-bond acceptors (Lipinski definition) is 3. The molecule has 16 heavy (non-hydrogen) atoms. The van der Waals surface area contributed by atoms with Crippen LogP contribution in [0.2, 0.25) is 5.02 Å². The SMILES string of the molecule is NC(C(=O)O)c1cc(Cl)c2[nH]c(=O)[nH]c2c1. The van der Waals surface area contributed by atoms with Crippen molar-refractivity contribution in [3.63, 3.8) is 0 Å². The van der Waals surface area contributed by atoms with Gasteiger partial charge in [0.2, 0.25) is 0 Å². The Kier molecular flexibility index (Phi) is 2.45. The molecule has 0 spiro atoms. The zero-order valence-electron chi connectivity index (χ0n) is 7.95. The minimum absolute atomic E-state index is 0.252. The molecular weight excluding hydrogens is 234 g/mol. The molecule has 0 saturated heterocycles. The lowest BCUT2D eigenvalue weighted by Crippen LogP contribution is -2.20. The molecule has 1 unspecified atom stereocenters. The maximum Gasteiger partial charge on any atom is 0.325 e. The van der Waals surface area contributed by atoms with Gasteiger partial charge in [-0.1, -0.05) is 11.6 Å². The molecule has 84 valence electrons. The Balaban J connectivity index is 2.66. The number of carbonyl (C=O) groups is 1. The van der Waals surface area contributed by atoms with E-state index in [1.807, 2.05) is 0 Å². The molecule has 2 aromatic rings. The predicted octanol–water partition coefficient (Wildman–Crippen LogP) is 0.594. The van der Waals surface area contributed by atoms with Gasteiger partial charge < -0.3 is 20.8 Å². The molecule has 0 saturated carbocycles. The van der Waals surface area contributed by atoms with Gasteiger partial charge in [-0.3, -0.25) is 4.79 Å².